The van der Waals surface area contributed by atoms with Crippen molar-refractivity contribution >= 4 is 5.97 Å². The van der Waals surface area contributed by atoms with Gasteiger partial charge in [0, 0.05) is 18.7 Å². The van der Waals surface area contributed by atoms with E-state index in [-0.39, 0.29) is 5.82 Å². The number of aromatic carboxylic acids is 1. The van der Waals surface area contributed by atoms with Crippen LogP contribution in [-0.2, 0) is 7.05 Å². The molecule has 0 saturated carbocycles. The van der Waals surface area contributed by atoms with Crippen molar-refractivity contribution in [3.63, 3.8) is 0 Å². The number of aromatic nitrogens is 3. The maximum Gasteiger partial charge on any atom is 0.375 e. The molecular weight excluding hydrogens is 280 g/mol. The van der Waals surface area contributed by atoms with Crippen molar-refractivity contribution in [3.8, 4) is 11.4 Å². The standard InChI is InChI=1S/C16H20N4O2/c1-11(20-9-3-4-10-20)12-5-7-13(8-6-12)15-17-14(16(21)22)18-19(15)2/h5-8,11H,3-4,9-10H2,1-2H3,(H,21,22). The van der Waals surface area contributed by atoms with Gasteiger partial charge in [0.2, 0.25) is 0 Å². The van der Waals surface area contributed by atoms with Crippen LogP contribution in [0.5, 0.6) is 0 Å². The number of aryl methyl sites for hydroxylation is 1. The lowest BCUT2D eigenvalue weighted by atomic mass is 10.0. The van der Waals surface area contributed by atoms with Crippen LogP contribution in [-0.4, -0.2) is 43.8 Å². The fraction of sp³-hybridized carbons (Fsp3) is 0.438. The minimum atomic E-state index is -1.11. The van der Waals surface area contributed by atoms with Gasteiger partial charge in [-0.25, -0.2) is 14.5 Å². The zero-order chi connectivity index (χ0) is 15.7. The molecule has 1 aliphatic heterocycles. The zero-order valence-corrected chi connectivity index (χ0v) is 12.9. The molecule has 0 radical (unpaired) electrons. The molecule has 0 aliphatic carbocycles. The normalized spacial score (nSPS) is 16.8. The van der Waals surface area contributed by atoms with Crippen LogP contribution in [0.25, 0.3) is 11.4 Å². The van der Waals surface area contributed by atoms with Gasteiger partial charge in [0.25, 0.3) is 5.82 Å². The maximum absolute atomic E-state index is 10.9. The molecule has 0 bridgehead atoms. The predicted molar refractivity (Wildman–Crippen MR) is 82.6 cm³/mol. The second-order valence-electron chi connectivity index (χ2n) is 5.73. The molecule has 0 spiro atoms. The van der Waals surface area contributed by atoms with Gasteiger partial charge < -0.3 is 5.11 Å². The summed E-state index contributed by atoms with van der Waals surface area (Å²) in [6, 6.07) is 8.56. The summed E-state index contributed by atoms with van der Waals surface area (Å²) >= 11 is 0. The van der Waals surface area contributed by atoms with Gasteiger partial charge in [-0.2, -0.15) is 0 Å². The second-order valence-corrected chi connectivity index (χ2v) is 5.73. The van der Waals surface area contributed by atoms with Crippen LogP contribution < -0.4 is 0 Å². The first-order chi connectivity index (χ1) is 10.6. The molecule has 0 amide bonds. The molecule has 3 rings (SSSR count). The fourth-order valence-corrected chi connectivity index (χ4v) is 2.98. The third kappa shape index (κ3) is 2.74. The topological polar surface area (TPSA) is 71.2 Å². The molecule has 2 aromatic rings. The van der Waals surface area contributed by atoms with E-state index in [1.54, 1.807) is 7.05 Å². The molecule has 1 aromatic carbocycles. The summed E-state index contributed by atoms with van der Waals surface area (Å²) in [6.07, 6.45) is 2.55. The number of carboxylic acids is 1. The van der Waals surface area contributed by atoms with Gasteiger partial charge in [0.05, 0.1) is 0 Å². The highest BCUT2D eigenvalue weighted by molar-refractivity contribution is 5.83. The minimum absolute atomic E-state index is 0.174. The van der Waals surface area contributed by atoms with E-state index < -0.39 is 5.97 Å². The summed E-state index contributed by atoms with van der Waals surface area (Å²) in [6.45, 7) is 4.55. The van der Waals surface area contributed by atoms with Crippen LogP contribution in [0.3, 0.4) is 0 Å². The zero-order valence-electron chi connectivity index (χ0n) is 12.9. The summed E-state index contributed by atoms with van der Waals surface area (Å²) in [5.74, 6) is -0.717. The van der Waals surface area contributed by atoms with Crippen molar-refractivity contribution in [2.75, 3.05) is 13.1 Å². The van der Waals surface area contributed by atoms with Crippen molar-refractivity contribution in [1.82, 2.24) is 19.7 Å². The molecule has 1 fully saturated rings. The predicted octanol–water partition coefficient (Wildman–Crippen LogP) is 2.34. The molecule has 22 heavy (non-hydrogen) atoms. The summed E-state index contributed by atoms with van der Waals surface area (Å²) in [4.78, 5) is 17.5. The third-order valence-corrected chi connectivity index (χ3v) is 4.29. The Balaban J connectivity index is 1.83. The number of rotatable bonds is 4. The lowest BCUT2D eigenvalue weighted by molar-refractivity contribution is 0.0683. The van der Waals surface area contributed by atoms with Crippen molar-refractivity contribution in [2.24, 2.45) is 7.05 Å². The maximum atomic E-state index is 10.9. The van der Waals surface area contributed by atoms with E-state index in [0.717, 1.165) is 18.7 Å². The van der Waals surface area contributed by atoms with E-state index in [2.05, 4.69) is 34.0 Å². The Morgan fingerprint density at radius 3 is 2.41 bits per heavy atom. The second kappa shape index (κ2) is 5.88. The Hall–Kier alpha value is -2.21. The van der Waals surface area contributed by atoms with Crippen LogP contribution in [0, 0.1) is 0 Å². The molecule has 1 aliphatic rings. The number of carbonyl (C=O) groups is 1. The van der Waals surface area contributed by atoms with Crippen molar-refractivity contribution in [1.29, 1.82) is 0 Å². The molecule has 1 unspecified atom stereocenters. The smallest absolute Gasteiger partial charge is 0.375 e. The van der Waals surface area contributed by atoms with Gasteiger partial charge in [0.15, 0.2) is 5.82 Å². The van der Waals surface area contributed by atoms with Crippen molar-refractivity contribution in [2.45, 2.75) is 25.8 Å². The summed E-state index contributed by atoms with van der Waals surface area (Å²) in [5, 5.41) is 12.9. The highest BCUT2D eigenvalue weighted by Crippen LogP contribution is 2.26. The van der Waals surface area contributed by atoms with Gasteiger partial charge in [-0.05, 0) is 38.4 Å². The highest BCUT2D eigenvalue weighted by Gasteiger charge is 2.20. The van der Waals surface area contributed by atoms with E-state index in [0.29, 0.717) is 11.9 Å². The number of hydrogen-bond donors (Lipinski definition) is 1. The van der Waals surface area contributed by atoms with E-state index in [4.69, 9.17) is 5.11 Å². The molecular formula is C16H20N4O2. The summed E-state index contributed by atoms with van der Waals surface area (Å²) < 4.78 is 1.50. The molecule has 1 N–H and O–H groups in total. The molecule has 1 saturated heterocycles. The number of carboxylic acid groups (broad SMARTS) is 1. The lowest BCUT2D eigenvalue weighted by Gasteiger charge is -2.24. The Bertz CT molecular complexity index is 672. The van der Waals surface area contributed by atoms with Gasteiger partial charge in [-0.15, -0.1) is 5.10 Å². The molecule has 1 atom stereocenters. The van der Waals surface area contributed by atoms with Crippen LogP contribution >= 0.6 is 0 Å². The number of nitrogens with zero attached hydrogens (tertiary/aromatic N) is 4. The Morgan fingerprint density at radius 1 is 1.23 bits per heavy atom. The average molecular weight is 300 g/mol. The van der Waals surface area contributed by atoms with E-state index in [9.17, 15) is 4.79 Å². The van der Waals surface area contributed by atoms with Crippen LogP contribution in [0.2, 0.25) is 0 Å². The van der Waals surface area contributed by atoms with Crippen molar-refractivity contribution in [3.05, 3.63) is 35.7 Å². The molecule has 6 heteroatoms. The number of hydrogen-bond acceptors (Lipinski definition) is 4. The third-order valence-electron chi connectivity index (χ3n) is 4.29. The fourth-order valence-electron chi connectivity index (χ4n) is 2.98. The molecule has 2 heterocycles. The van der Waals surface area contributed by atoms with Crippen LogP contribution in [0.4, 0.5) is 0 Å². The molecule has 116 valence electrons. The monoisotopic (exact) mass is 300 g/mol. The number of benzene rings is 1. The SMILES string of the molecule is CC(c1ccc(-c2nc(C(=O)O)nn2C)cc1)N1CCCC1. The first kappa shape index (κ1) is 14.7. The quantitative estimate of drug-likeness (QED) is 0.938. The van der Waals surface area contributed by atoms with Gasteiger partial charge in [-0.1, -0.05) is 24.3 Å². The highest BCUT2D eigenvalue weighted by atomic mass is 16.4. The van der Waals surface area contributed by atoms with Gasteiger partial charge in [0.1, 0.15) is 0 Å². The average Bonchev–Trinajstić information content (AvgIpc) is 3.16. The first-order valence-electron chi connectivity index (χ1n) is 7.55. The molecule has 1 aromatic heterocycles. The van der Waals surface area contributed by atoms with Gasteiger partial charge >= 0.3 is 5.97 Å². The van der Waals surface area contributed by atoms with Crippen molar-refractivity contribution < 1.29 is 9.90 Å². The van der Waals surface area contributed by atoms with E-state index in [1.807, 2.05) is 12.1 Å². The number of likely N-dealkylation sites (tertiary alicyclic amines) is 1. The first-order valence-corrected chi connectivity index (χ1v) is 7.55. The Labute approximate surface area is 129 Å². The van der Waals surface area contributed by atoms with E-state index >= 15 is 0 Å². The lowest BCUT2D eigenvalue weighted by Crippen LogP contribution is -2.23. The van der Waals surface area contributed by atoms with Crippen LogP contribution in [0.1, 0.15) is 42.0 Å². The molecule has 6 nitrogen and oxygen atoms in total. The Kier molecular flexibility index (Phi) is 3.94. The van der Waals surface area contributed by atoms with E-state index in [1.165, 1.54) is 23.1 Å². The largest absolute Gasteiger partial charge is 0.475 e. The van der Waals surface area contributed by atoms with Crippen LogP contribution in [0.15, 0.2) is 24.3 Å². The summed E-state index contributed by atoms with van der Waals surface area (Å²) in [5.41, 5.74) is 2.14. The van der Waals surface area contributed by atoms with Gasteiger partial charge in [-0.3, -0.25) is 4.90 Å². The Morgan fingerprint density at radius 2 is 1.86 bits per heavy atom. The summed E-state index contributed by atoms with van der Waals surface area (Å²) in [7, 11) is 1.70. The minimum Gasteiger partial charge on any atom is -0.475 e.